The van der Waals surface area contributed by atoms with Crippen LogP contribution in [-0.4, -0.2) is 32.2 Å². The van der Waals surface area contributed by atoms with Crippen molar-refractivity contribution in [1.82, 2.24) is 14.5 Å². The van der Waals surface area contributed by atoms with Crippen LogP contribution < -0.4 is 5.56 Å². The summed E-state index contributed by atoms with van der Waals surface area (Å²) in [6.45, 7) is 3.29. The number of hydrogen-bond donors (Lipinski definition) is 0. The lowest BCUT2D eigenvalue weighted by atomic mass is 10.2. The summed E-state index contributed by atoms with van der Waals surface area (Å²) in [5.74, 6) is 0.399. The molecule has 152 valence electrons. The molecule has 0 N–H and O–H groups in total. The van der Waals surface area contributed by atoms with Crippen LogP contribution in [0.3, 0.4) is 0 Å². The molecule has 1 aliphatic rings. The van der Waals surface area contributed by atoms with E-state index in [1.165, 1.54) is 17.3 Å². The van der Waals surface area contributed by atoms with Crippen molar-refractivity contribution in [2.45, 2.75) is 50.5 Å². The van der Waals surface area contributed by atoms with Gasteiger partial charge in [0.05, 0.1) is 16.7 Å². The quantitative estimate of drug-likeness (QED) is 0.331. The second kappa shape index (κ2) is 9.02. The van der Waals surface area contributed by atoms with E-state index in [1.54, 1.807) is 15.9 Å². The highest BCUT2D eigenvalue weighted by Crippen LogP contribution is 2.30. The molecule has 1 fully saturated rings. The van der Waals surface area contributed by atoms with Gasteiger partial charge in [-0.25, -0.2) is 4.98 Å². The summed E-state index contributed by atoms with van der Waals surface area (Å²) < 4.78 is 2.56. The molecule has 2 aromatic heterocycles. The fraction of sp³-hybridized carbons (Fsp3) is 0.381. The molecule has 0 unspecified atom stereocenters. The van der Waals surface area contributed by atoms with E-state index >= 15 is 0 Å². The number of halogens is 1. The number of hydrogen-bond acceptors (Lipinski definition) is 5. The average Bonchev–Trinajstić information content (AvgIpc) is 3.42. The number of amides is 1. The smallest absolute Gasteiger partial charge is 0.262 e. The van der Waals surface area contributed by atoms with Crippen LogP contribution in [0, 0.1) is 0 Å². The molecular weight excluding hydrogens is 470 g/mol. The van der Waals surface area contributed by atoms with Gasteiger partial charge in [0.25, 0.3) is 5.56 Å². The van der Waals surface area contributed by atoms with Gasteiger partial charge in [0.2, 0.25) is 5.91 Å². The Morgan fingerprint density at radius 1 is 1.38 bits per heavy atom. The number of carbonyl (C=O) groups excluding carboxylic acids is 1. The van der Waals surface area contributed by atoms with Crippen LogP contribution in [0.4, 0.5) is 0 Å². The Hall–Kier alpha value is -1.64. The van der Waals surface area contributed by atoms with Crippen molar-refractivity contribution in [3.05, 3.63) is 55.4 Å². The molecule has 8 heteroatoms. The standard InChI is InChI=1S/C21H22BrN3O2S2/c1-2-8-24-20(27)17-10-15(22)3-6-18(17)23-21(24)29-13-19(26)25(16-4-5-16)11-14-7-9-28-12-14/h3,6-7,9-10,12,16H,2,4-5,8,11,13H2,1H3. The lowest BCUT2D eigenvalue weighted by Gasteiger charge is -2.22. The number of carbonyl (C=O) groups is 1. The second-order valence-corrected chi connectivity index (χ2v) is 9.82. The Kier molecular flexibility index (Phi) is 6.41. The van der Waals surface area contributed by atoms with Gasteiger partial charge in [0.1, 0.15) is 0 Å². The third-order valence-corrected chi connectivity index (χ3v) is 7.08. The first-order valence-electron chi connectivity index (χ1n) is 9.70. The number of benzene rings is 1. The number of nitrogens with zero attached hydrogens (tertiary/aromatic N) is 3. The molecule has 0 aliphatic heterocycles. The second-order valence-electron chi connectivity index (χ2n) is 7.19. The highest BCUT2D eigenvalue weighted by atomic mass is 79.9. The zero-order valence-electron chi connectivity index (χ0n) is 16.1. The maximum atomic E-state index is 13.0. The molecule has 29 heavy (non-hydrogen) atoms. The van der Waals surface area contributed by atoms with E-state index in [4.69, 9.17) is 4.98 Å². The third-order valence-electron chi connectivity index (χ3n) is 4.89. The highest BCUT2D eigenvalue weighted by Gasteiger charge is 2.32. The highest BCUT2D eigenvalue weighted by molar-refractivity contribution is 9.10. The van der Waals surface area contributed by atoms with E-state index in [9.17, 15) is 9.59 Å². The van der Waals surface area contributed by atoms with Gasteiger partial charge in [-0.2, -0.15) is 11.3 Å². The molecule has 0 spiro atoms. The fourth-order valence-corrected chi connectivity index (χ4v) is 5.23. The Labute approximate surface area is 186 Å². The van der Waals surface area contributed by atoms with Gasteiger partial charge >= 0.3 is 0 Å². The first-order chi connectivity index (χ1) is 14.1. The molecular formula is C21H22BrN3O2S2. The van der Waals surface area contributed by atoms with Gasteiger partial charge in [0.15, 0.2) is 5.16 Å². The van der Waals surface area contributed by atoms with Gasteiger partial charge in [-0.05, 0) is 59.9 Å². The number of thiophene rings is 1. The molecule has 1 aromatic carbocycles. The van der Waals surface area contributed by atoms with Crippen molar-refractivity contribution >= 4 is 55.8 Å². The van der Waals surface area contributed by atoms with E-state index in [0.29, 0.717) is 40.9 Å². The van der Waals surface area contributed by atoms with Crippen LogP contribution in [0.15, 0.2) is 49.4 Å². The van der Waals surface area contributed by atoms with Gasteiger partial charge in [-0.1, -0.05) is 34.6 Å². The Morgan fingerprint density at radius 3 is 2.90 bits per heavy atom. The Balaban J connectivity index is 1.56. The SMILES string of the molecule is CCCn1c(SCC(=O)N(Cc2ccsc2)C2CC2)nc2ccc(Br)cc2c1=O. The normalized spacial score (nSPS) is 13.7. The number of thioether (sulfide) groups is 1. The molecule has 5 nitrogen and oxygen atoms in total. The van der Waals surface area contributed by atoms with Crippen LogP contribution in [0.5, 0.6) is 0 Å². The van der Waals surface area contributed by atoms with E-state index in [0.717, 1.165) is 23.7 Å². The molecule has 2 heterocycles. The van der Waals surface area contributed by atoms with Gasteiger partial charge in [0, 0.05) is 23.6 Å². The summed E-state index contributed by atoms with van der Waals surface area (Å²) in [4.78, 5) is 32.6. The predicted octanol–water partition coefficient (Wildman–Crippen LogP) is 4.91. The molecule has 1 amide bonds. The van der Waals surface area contributed by atoms with Crippen molar-refractivity contribution in [3.8, 4) is 0 Å². The Morgan fingerprint density at radius 2 is 2.21 bits per heavy atom. The van der Waals surface area contributed by atoms with Crippen LogP contribution in [-0.2, 0) is 17.9 Å². The minimum atomic E-state index is -0.0505. The summed E-state index contributed by atoms with van der Waals surface area (Å²) in [6, 6.07) is 7.96. The van der Waals surface area contributed by atoms with Crippen molar-refractivity contribution in [2.75, 3.05) is 5.75 Å². The van der Waals surface area contributed by atoms with Crippen molar-refractivity contribution in [2.24, 2.45) is 0 Å². The van der Waals surface area contributed by atoms with Crippen LogP contribution in [0.1, 0.15) is 31.7 Å². The van der Waals surface area contributed by atoms with E-state index in [-0.39, 0.29) is 11.5 Å². The topological polar surface area (TPSA) is 55.2 Å². The van der Waals surface area contributed by atoms with Crippen LogP contribution in [0.2, 0.25) is 0 Å². The van der Waals surface area contributed by atoms with Gasteiger partial charge in [-0.15, -0.1) is 0 Å². The predicted molar refractivity (Wildman–Crippen MR) is 123 cm³/mol. The van der Waals surface area contributed by atoms with Crippen molar-refractivity contribution in [1.29, 1.82) is 0 Å². The third kappa shape index (κ3) is 4.75. The van der Waals surface area contributed by atoms with E-state index in [2.05, 4.69) is 27.4 Å². The minimum Gasteiger partial charge on any atom is -0.335 e. The number of aromatic nitrogens is 2. The molecule has 1 saturated carbocycles. The monoisotopic (exact) mass is 491 g/mol. The summed E-state index contributed by atoms with van der Waals surface area (Å²) in [6.07, 6.45) is 2.98. The molecule has 0 bridgehead atoms. The molecule has 3 aromatic rings. The Bertz CT molecular complexity index is 1080. The van der Waals surface area contributed by atoms with E-state index < -0.39 is 0 Å². The van der Waals surface area contributed by atoms with Crippen molar-refractivity contribution in [3.63, 3.8) is 0 Å². The first-order valence-corrected chi connectivity index (χ1v) is 12.4. The minimum absolute atomic E-state index is 0.0505. The summed E-state index contributed by atoms with van der Waals surface area (Å²) in [5.41, 5.74) is 1.79. The summed E-state index contributed by atoms with van der Waals surface area (Å²) in [5, 5.41) is 5.35. The average molecular weight is 492 g/mol. The fourth-order valence-electron chi connectivity index (χ4n) is 3.30. The molecule has 0 saturated heterocycles. The van der Waals surface area contributed by atoms with Gasteiger partial charge in [-0.3, -0.25) is 14.2 Å². The lowest BCUT2D eigenvalue weighted by molar-refractivity contribution is -0.129. The first kappa shape index (κ1) is 20.6. The zero-order chi connectivity index (χ0) is 20.4. The largest absolute Gasteiger partial charge is 0.335 e. The maximum Gasteiger partial charge on any atom is 0.262 e. The molecule has 4 rings (SSSR count). The van der Waals surface area contributed by atoms with E-state index in [1.807, 2.05) is 35.4 Å². The number of rotatable bonds is 8. The maximum absolute atomic E-state index is 13.0. The molecule has 0 atom stereocenters. The number of fused-ring (bicyclic) bond motifs is 1. The van der Waals surface area contributed by atoms with Crippen LogP contribution >= 0.6 is 39.0 Å². The lowest BCUT2D eigenvalue weighted by Crippen LogP contribution is -2.34. The summed E-state index contributed by atoms with van der Waals surface area (Å²) in [7, 11) is 0. The molecule has 0 radical (unpaired) electrons. The zero-order valence-corrected chi connectivity index (χ0v) is 19.4. The molecule has 1 aliphatic carbocycles. The summed E-state index contributed by atoms with van der Waals surface area (Å²) >= 11 is 6.45. The van der Waals surface area contributed by atoms with Crippen LogP contribution in [0.25, 0.3) is 10.9 Å². The van der Waals surface area contributed by atoms with Gasteiger partial charge < -0.3 is 4.90 Å². The van der Waals surface area contributed by atoms with Crippen molar-refractivity contribution < 1.29 is 4.79 Å².